The molecule has 0 aromatic rings. The van der Waals surface area contributed by atoms with Crippen LogP contribution in [0.1, 0.15) is 84.5 Å². The van der Waals surface area contributed by atoms with Crippen LogP contribution in [-0.4, -0.2) is 26.3 Å². The maximum Gasteiger partial charge on any atom is 0.0619 e. The van der Waals surface area contributed by atoms with Crippen molar-refractivity contribution in [3.05, 3.63) is 0 Å². The molecule has 0 fully saturated rings. The Morgan fingerprint density at radius 3 is 1.79 bits per heavy atom. The van der Waals surface area contributed by atoms with Crippen LogP contribution in [0.2, 0.25) is 0 Å². The van der Waals surface area contributed by atoms with Crippen LogP contribution in [0.5, 0.6) is 0 Å². The summed E-state index contributed by atoms with van der Waals surface area (Å²) in [4.78, 5) is 0. The maximum atomic E-state index is 5.47. The van der Waals surface area contributed by atoms with Gasteiger partial charge in [-0.25, -0.2) is 0 Å². The van der Waals surface area contributed by atoms with Gasteiger partial charge < -0.3 is 10.1 Å². The van der Waals surface area contributed by atoms with Crippen molar-refractivity contribution in [3.63, 3.8) is 0 Å². The summed E-state index contributed by atoms with van der Waals surface area (Å²) in [6.07, 6.45) is 15.4. The summed E-state index contributed by atoms with van der Waals surface area (Å²) in [5.74, 6) is 0. The first kappa shape index (κ1) is 18.9. The number of ether oxygens (including phenoxy) is 1. The number of unbranched alkanes of at least 4 members (excludes halogenated alkanes) is 9. The Kier molecular flexibility index (Phi) is 15.9. The Balaban J connectivity index is 3.16. The van der Waals surface area contributed by atoms with Gasteiger partial charge in [-0.05, 0) is 20.4 Å². The quantitative estimate of drug-likeness (QED) is 0.427. The molecule has 19 heavy (non-hydrogen) atoms. The molecule has 0 saturated carbocycles. The van der Waals surface area contributed by atoms with Gasteiger partial charge in [0.25, 0.3) is 0 Å². The van der Waals surface area contributed by atoms with Gasteiger partial charge in [-0.1, -0.05) is 71.1 Å². The van der Waals surface area contributed by atoms with E-state index in [-0.39, 0.29) is 0 Å². The number of hydrogen-bond donors (Lipinski definition) is 1. The van der Waals surface area contributed by atoms with Crippen molar-refractivity contribution in [1.29, 1.82) is 0 Å². The fraction of sp³-hybridized carbons (Fsp3) is 1.00. The van der Waals surface area contributed by atoms with Crippen LogP contribution < -0.4 is 5.32 Å². The standard InChI is InChI=1S/C17H37NO/c1-4-6-7-8-9-10-11-12-13-14-15-17(18-3)16-19-5-2/h17-18H,4-16H2,1-3H3. The highest BCUT2D eigenvalue weighted by molar-refractivity contribution is 4.63. The van der Waals surface area contributed by atoms with Crippen molar-refractivity contribution in [1.82, 2.24) is 5.32 Å². The molecule has 116 valence electrons. The second-order valence-corrected chi connectivity index (χ2v) is 5.62. The molecule has 1 unspecified atom stereocenters. The molecule has 0 aliphatic rings. The lowest BCUT2D eigenvalue weighted by molar-refractivity contribution is 0.121. The molecule has 0 saturated heterocycles. The summed E-state index contributed by atoms with van der Waals surface area (Å²) in [5.41, 5.74) is 0. The summed E-state index contributed by atoms with van der Waals surface area (Å²) in [5, 5.41) is 3.34. The predicted octanol–water partition coefficient (Wildman–Crippen LogP) is 4.92. The van der Waals surface area contributed by atoms with Gasteiger partial charge in [0.1, 0.15) is 0 Å². The lowest BCUT2D eigenvalue weighted by Crippen LogP contribution is -2.30. The van der Waals surface area contributed by atoms with Gasteiger partial charge in [-0.3, -0.25) is 0 Å². The molecule has 0 amide bonds. The summed E-state index contributed by atoms with van der Waals surface area (Å²) in [7, 11) is 2.04. The highest BCUT2D eigenvalue weighted by atomic mass is 16.5. The van der Waals surface area contributed by atoms with E-state index in [2.05, 4.69) is 19.2 Å². The van der Waals surface area contributed by atoms with Gasteiger partial charge in [0, 0.05) is 12.6 Å². The number of nitrogens with one attached hydrogen (secondary N) is 1. The van der Waals surface area contributed by atoms with Crippen LogP contribution in [0.4, 0.5) is 0 Å². The third kappa shape index (κ3) is 14.1. The van der Waals surface area contributed by atoms with E-state index in [1.807, 2.05) is 7.05 Å². The van der Waals surface area contributed by atoms with Crippen LogP contribution in [0.15, 0.2) is 0 Å². The first-order valence-electron chi connectivity index (χ1n) is 8.60. The molecule has 0 aromatic heterocycles. The first-order valence-corrected chi connectivity index (χ1v) is 8.60. The second-order valence-electron chi connectivity index (χ2n) is 5.62. The minimum atomic E-state index is 0.550. The van der Waals surface area contributed by atoms with Crippen molar-refractivity contribution in [2.75, 3.05) is 20.3 Å². The minimum absolute atomic E-state index is 0.550. The number of rotatable bonds is 15. The fourth-order valence-corrected chi connectivity index (χ4v) is 2.45. The summed E-state index contributed by atoms with van der Waals surface area (Å²) in [6, 6.07) is 0.550. The SMILES string of the molecule is CCCCCCCCCCCCC(COCC)NC. The lowest BCUT2D eigenvalue weighted by Gasteiger charge is -2.15. The summed E-state index contributed by atoms with van der Waals surface area (Å²) < 4.78 is 5.47. The van der Waals surface area contributed by atoms with E-state index in [0.717, 1.165) is 13.2 Å². The van der Waals surface area contributed by atoms with E-state index in [4.69, 9.17) is 4.74 Å². The Bertz CT molecular complexity index is 161. The molecule has 0 radical (unpaired) electrons. The van der Waals surface area contributed by atoms with Gasteiger partial charge in [0.05, 0.1) is 6.61 Å². The van der Waals surface area contributed by atoms with Crippen LogP contribution in [-0.2, 0) is 4.74 Å². The maximum absolute atomic E-state index is 5.47. The van der Waals surface area contributed by atoms with Gasteiger partial charge in [-0.15, -0.1) is 0 Å². The third-order valence-corrected chi connectivity index (χ3v) is 3.84. The molecule has 0 spiro atoms. The van der Waals surface area contributed by atoms with Gasteiger partial charge >= 0.3 is 0 Å². The van der Waals surface area contributed by atoms with E-state index in [0.29, 0.717) is 6.04 Å². The molecule has 0 aliphatic carbocycles. The van der Waals surface area contributed by atoms with E-state index < -0.39 is 0 Å². The zero-order valence-electron chi connectivity index (χ0n) is 13.7. The average molecular weight is 271 g/mol. The fourth-order valence-electron chi connectivity index (χ4n) is 2.45. The highest BCUT2D eigenvalue weighted by Gasteiger charge is 2.04. The Hall–Kier alpha value is -0.0800. The van der Waals surface area contributed by atoms with Gasteiger partial charge in [0.2, 0.25) is 0 Å². The molecule has 1 N–H and O–H groups in total. The third-order valence-electron chi connectivity index (χ3n) is 3.84. The average Bonchev–Trinajstić information content (AvgIpc) is 2.44. The zero-order valence-corrected chi connectivity index (χ0v) is 13.7. The lowest BCUT2D eigenvalue weighted by atomic mass is 10.0. The van der Waals surface area contributed by atoms with Gasteiger partial charge in [0.15, 0.2) is 0 Å². The van der Waals surface area contributed by atoms with Crippen molar-refractivity contribution < 1.29 is 4.74 Å². The number of hydrogen-bond acceptors (Lipinski definition) is 2. The van der Waals surface area contributed by atoms with Crippen LogP contribution in [0.25, 0.3) is 0 Å². The topological polar surface area (TPSA) is 21.3 Å². The molecule has 2 nitrogen and oxygen atoms in total. The molecule has 1 atom stereocenters. The van der Waals surface area contributed by atoms with Crippen LogP contribution in [0.3, 0.4) is 0 Å². The molecule has 2 heteroatoms. The van der Waals surface area contributed by atoms with E-state index in [9.17, 15) is 0 Å². The summed E-state index contributed by atoms with van der Waals surface area (Å²) >= 11 is 0. The summed E-state index contributed by atoms with van der Waals surface area (Å²) in [6.45, 7) is 6.04. The van der Waals surface area contributed by atoms with E-state index >= 15 is 0 Å². The predicted molar refractivity (Wildman–Crippen MR) is 85.8 cm³/mol. The highest BCUT2D eigenvalue weighted by Crippen LogP contribution is 2.12. The minimum Gasteiger partial charge on any atom is -0.380 e. The molecule has 0 aliphatic heterocycles. The molecular formula is C17H37NO. The van der Waals surface area contributed by atoms with Crippen LogP contribution in [0, 0.1) is 0 Å². The smallest absolute Gasteiger partial charge is 0.0619 e. The Labute approximate surface area is 121 Å². The molecule has 0 heterocycles. The normalized spacial score (nSPS) is 12.8. The Morgan fingerprint density at radius 2 is 1.32 bits per heavy atom. The second kappa shape index (κ2) is 16.0. The Morgan fingerprint density at radius 1 is 0.789 bits per heavy atom. The molecule has 0 rings (SSSR count). The van der Waals surface area contributed by atoms with E-state index in [1.165, 1.54) is 70.6 Å². The zero-order chi connectivity index (χ0) is 14.2. The molecule has 0 bridgehead atoms. The van der Waals surface area contributed by atoms with Crippen molar-refractivity contribution in [2.45, 2.75) is 90.5 Å². The number of likely N-dealkylation sites (N-methyl/N-ethyl adjacent to an activating group) is 1. The van der Waals surface area contributed by atoms with Crippen LogP contribution >= 0.6 is 0 Å². The largest absolute Gasteiger partial charge is 0.380 e. The van der Waals surface area contributed by atoms with Gasteiger partial charge in [-0.2, -0.15) is 0 Å². The first-order chi connectivity index (χ1) is 9.35. The molecular weight excluding hydrogens is 234 g/mol. The van der Waals surface area contributed by atoms with Crippen molar-refractivity contribution in [2.24, 2.45) is 0 Å². The molecule has 0 aromatic carbocycles. The van der Waals surface area contributed by atoms with Crippen molar-refractivity contribution >= 4 is 0 Å². The van der Waals surface area contributed by atoms with Crippen molar-refractivity contribution in [3.8, 4) is 0 Å². The van der Waals surface area contributed by atoms with E-state index in [1.54, 1.807) is 0 Å². The monoisotopic (exact) mass is 271 g/mol.